The molecule has 4 nitrogen and oxygen atoms in total. The topological polar surface area (TPSA) is 54.9 Å². The van der Waals surface area contributed by atoms with E-state index in [9.17, 15) is 4.79 Å². The second kappa shape index (κ2) is 5.36. The van der Waals surface area contributed by atoms with Crippen molar-refractivity contribution in [1.29, 1.82) is 0 Å². The number of aromatic nitrogens is 2. The van der Waals surface area contributed by atoms with Gasteiger partial charge in [0, 0.05) is 11.4 Å². The van der Waals surface area contributed by atoms with Crippen LogP contribution in [0.1, 0.15) is 27.3 Å². The molecular weight excluding hydrogens is 262 g/mol. The first-order valence-electron chi connectivity index (χ1n) is 5.85. The molecule has 19 heavy (non-hydrogen) atoms. The molecule has 5 heteroatoms. The van der Waals surface area contributed by atoms with Gasteiger partial charge in [0.2, 0.25) is 5.28 Å². The standard InChI is InChI=1S/C14H14ClN3O/c1-8-4-5-11(9(2)6-8)17-13(19)12-7-10(3)16-14(15)18-12/h4-7H,1-3H3,(H,17,19). The van der Waals surface area contributed by atoms with Gasteiger partial charge < -0.3 is 5.32 Å². The van der Waals surface area contributed by atoms with Gasteiger partial charge in [-0.15, -0.1) is 0 Å². The molecule has 0 atom stereocenters. The van der Waals surface area contributed by atoms with Crippen molar-refractivity contribution in [3.63, 3.8) is 0 Å². The van der Waals surface area contributed by atoms with E-state index in [1.54, 1.807) is 13.0 Å². The Morgan fingerprint density at radius 2 is 1.89 bits per heavy atom. The highest BCUT2D eigenvalue weighted by Gasteiger charge is 2.11. The van der Waals surface area contributed by atoms with Crippen molar-refractivity contribution in [3.05, 3.63) is 52.1 Å². The molecular formula is C14H14ClN3O. The first-order chi connectivity index (χ1) is 8.95. The number of anilines is 1. The summed E-state index contributed by atoms with van der Waals surface area (Å²) in [7, 11) is 0. The average molecular weight is 276 g/mol. The van der Waals surface area contributed by atoms with E-state index in [2.05, 4.69) is 15.3 Å². The van der Waals surface area contributed by atoms with Gasteiger partial charge >= 0.3 is 0 Å². The Morgan fingerprint density at radius 1 is 1.16 bits per heavy atom. The molecule has 0 aliphatic rings. The summed E-state index contributed by atoms with van der Waals surface area (Å²) in [6.45, 7) is 5.72. The zero-order chi connectivity index (χ0) is 14.0. The van der Waals surface area contributed by atoms with Gasteiger partial charge in [-0.1, -0.05) is 17.7 Å². The minimum atomic E-state index is -0.292. The summed E-state index contributed by atoms with van der Waals surface area (Å²) in [5.41, 5.74) is 3.84. The van der Waals surface area contributed by atoms with Crippen LogP contribution >= 0.6 is 11.6 Å². The minimum absolute atomic E-state index is 0.0748. The smallest absolute Gasteiger partial charge is 0.274 e. The maximum Gasteiger partial charge on any atom is 0.274 e. The lowest BCUT2D eigenvalue weighted by Crippen LogP contribution is -2.15. The lowest BCUT2D eigenvalue weighted by molar-refractivity contribution is 0.102. The molecule has 1 heterocycles. The summed E-state index contributed by atoms with van der Waals surface area (Å²) in [4.78, 5) is 19.9. The van der Waals surface area contributed by atoms with Crippen molar-refractivity contribution in [3.8, 4) is 0 Å². The van der Waals surface area contributed by atoms with Crippen molar-refractivity contribution in [2.45, 2.75) is 20.8 Å². The van der Waals surface area contributed by atoms with E-state index in [1.165, 1.54) is 0 Å². The van der Waals surface area contributed by atoms with Crippen LogP contribution in [-0.4, -0.2) is 15.9 Å². The van der Waals surface area contributed by atoms with E-state index in [1.807, 2.05) is 32.0 Å². The van der Waals surface area contributed by atoms with Crippen LogP contribution in [0.3, 0.4) is 0 Å². The number of hydrogen-bond acceptors (Lipinski definition) is 3. The summed E-state index contributed by atoms with van der Waals surface area (Å²) in [5, 5.41) is 2.90. The Hall–Kier alpha value is -1.94. The maximum atomic E-state index is 12.1. The van der Waals surface area contributed by atoms with Crippen molar-refractivity contribution < 1.29 is 4.79 Å². The minimum Gasteiger partial charge on any atom is -0.320 e. The maximum absolute atomic E-state index is 12.1. The molecule has 0 unspecified atom stereocenters. The van der Waals surface area contributed by atoms with E-state index in [4.69, 9.17) is 11.6 Å². The fraction of sp³-hybridized carbons (Fsp3) is 0.214. The third-order valence-corrected chi connectivity index (χ3v) is 2.86. The van der Waals surface area contributed by atoms with Crippen molar-refractivity contribution in [1.82, 2.24) is 9.97 Å². The Bertz CT molecular complexity index is 620. The molecule has 2 aromatic rings. The van der Waals surface area contributed by atoms with Gasteiger partial charge in [0.25, 0.3) is 5.91 Å². The van der Waals surface area contributed by atoms with Gasteiger partial charge in [-0.25, -0.2) is 9.97 Å². The van der Waals surface area contributed by atoms with E-state index >= 15 is 0 Å². The Balaban J connectivity index is 2.25. The second-order valence-electron chi connectivity index (χ2n) is 4.44. The molecule has 0 radical (unpaired) electrons. The van der Waals surface area contributed by atoms with Gasteiger partial charge in [0.1, 0.15) is 5.69 Å². The van der Waals surface area contributed by atoms with Crippen LogP contribution in [0.4, 0.5) is 5.69 Å². The predicted octanol–water partition coefficient (Wildman–Crippen LogP) is 3.31. The normalized spacial score (nSPS) is 10.3. The summed E-state index contributed by atoms with van der Waals surface area (Å²) in [6, 6.07) is 7.43. The summed E-state index contributed by atoms with van der Waals surface area (Å²) < 4.78 is 0. The fourth-order valence-electron chi connectivity index (χ4n) is 1.79. The van der Waals surface area contributed by atoms with E-state index < -0.39 is 0 Å². The number of carbonyl (C=O) groups is 1. The van der Waals surface area contributed by atoms with Crippen LogP contribution in [0.25, 0.3) is 0 Å². The van der Waals surface area contributed by atoms with E-state index in [-0.39, 0.29) is 16.9 Å². The molecule has 0 aliphatic heterocycles. The molecule has 0 saturated carbocycles. The first-order valence-corrected chi connectivity index (χ1v) is 6.23. The van der Waals surface area contributed by atoms with Crippen LogP contribution < -0.4 is 5.32 Å². The molecule has 1 aromatic carbocycles. The highest BCUT2D eigenvalue weighted by Crippen LogP contribution is 2.17. The fourth-order valence-corrected chi connectivity index (χ4v) is 2.01. The zero-order valence-corrected chi connectivity index (χ0v) is 11.7. The summed E-state index contributed by atoms with van der Waals surface area (Å²) in [6.07, 6.45) is 0. The van der Waals surface area contributed by atoms with Gasteiger partial charge in [-0.2, -0.15) is 0 Å². The van der Waals surface area contributed by atoms with E-state index in [0.29, 0.717) is 5.69 Å². The quantitative estimate of drug-likeness (QED) is 0.856. The lowest BCUT2D eigenvalue weighted by atomic mass is 10.1. The average Bonchev–Trinajstić information content (AvgIpc) is 2.31. The SMILES string of the molecule is Cc1ccc(NC(=O)c2cc(C)nc(Cl)n2)c(C)c1. The number of amides is 1. The van der Waals surface area contributed by atoms with Crippen LogP contribution in [0.15, 0.2) is 24.3 Å². The Labute approximate surface area is 116 Å². The third-order valence-electron chi connectivity index (χ3n) is 2.69. The number of hydrogen-bond donors (Lipinski definition) is 1. The number of nitrogens with one attached hydrogen (secondary N) is 1. The largest absolute Gasteiger partial charge is 0.320 e. The number of rotatable bonds is 2. The van der Waals surface area contributed by atoms with Gasteiger partial charge in [0.15, 0.2) is 0 Å². The molecule has 1 amide bonds. The molecule has 0 aliphatic carbocycles. The predicted molar refractivity (Wildman–Crippen MR) is 75.6 cm³/mol. The van der Waals surface area contributed by atoms with Crippen LogP contribution in [-0.2, 0) is 0 Å². The van der Waals surface area contributed by atoms with Crippen LogP contribution in [0.5, 0.6) is 0 Å². The third kappa shape index (κ3) is 3.29. The number of nitrogens with zero attached hydrogens (tertiary/aromatic N) is 2. The Morgan fingerprint density at radius 3 is 2.53 bits per heavy atom. The first kappa shape index (κ1) is 13.5. The highest BCUT2D eigenvalue weighted by atomic mass is 35.5. The van der Waals surface area contributed by atoms with Crippen molar-refractivity contribution in [2.24, 2.45) is 0 Å². The van der Waals surface area contributed by atoms with Gasteiger partial charge in [-0.3, -0.25) is 4.79 Å². The van der Waals surface area contributed by atoms with Crippen LogP contribution in [0, 0.1) is 20.8 Å². The lowest BCUT2D eigenvalue weighted by Gasteiger charge is -2.09. The molecule has 0 bridgehead atoms. The molecule has 1 N–H and O–H groups in total. The number of carbonyl (C=O) groups excluding carboxylic acids is 1. The number of halogens is 1. The molecule has 1 aromatic heterocycles. The Kier molecular flexibility index (Phi) is 3.81. The molecule has 2 rings (SSSR count). The number of benzene rings is 1. The van der Waals surface area contributed by atoms with Gasteiger partial charge in [0.05, 0.1) is 0 Å². The summed E-state index contributed by atoms with van der Waals surface area (Å²) in [5.74, 6) is -0.292. The molecule has 0 saturated heterocycles. The number of aryl methyl sites for hydroxylation is 3. The second-order valence-corrected chi connectivity index (χ2v) is 4.77. The zero-order valence-electron chi connectivity index (χ0n) is 11.0. The monoisotopic (exact) mass is 275 g/mol. The summed E-state index contributed by atoms with van der Waals surface area (Å²) >= 11 is 5.75. The van der Waals surface area contributed by atoms with E-state index in [0.717, 1.165) is 16.8 Å². The molecule has 0 spiro atoms. The van der Waals surface area contributed by atoms with Crippen molar-refractivity contribution >= 4 is 23.2 Å². The molecule has 98 valence electrons. The van der Waals surface area contributed by atoms with Crippen molar-refractivity contribution in [2.75, 3.05) is 5.32 Å². The highest BCUT2D eigenvalue weighted by molar-refractivity contribution is 6.28. The van der Waals surface area contributed by atoms with Crippen LogP contribution in [0.2, 0.25) is 5.28 Å². The van der Waals surface area contributed by atoms with Gasteiger partial charge in [-0.05, 0) is 50.1 Å². The molecule has 0 fully saturated rings.